The third kappa shape index (κ3) is 4.93. The molecule has 4 heterocycles. The van der Waals surface area contributed by atoms with Crippen LogP contribution in [0.25, 0.3) is 88.3 Å². The van der Waals surface area contributed by atoms with Crippen LogP contribution < -0.4 is 0 Å². The fourth-order valence-electron chi connectivity index (χ4n) is 16.5. The highest BCUT2D eigenvalue weighted by Crippen LogP contribution is 2.63. The van der Waals surface area contributed by atoms with Gasteiger partial charge in [0.25, 0.3) is 0 Å². The highest BCUT2D eigenvalue weighted by molar-refractivity contribution is 6.39. The predicted molar refractivity (Wildman–Crippen MR) is 261 cm³/mol. The topological polar surface area (TPSA) is 61.7 Å². The molecule has 8 bridgehead atoms. The lowest BCUT2D eigenvalue weighted by molar-refractivity contribution is -0.0155. The molecule has 6 heteroatoms. The van der Waals surface area contributed by atoms with Crippen molar-refractivity contribution in [2.75, 3.05) is 0 Å². The molecule has 6 aromatic carbocycles. The maximum absolute atomic E-state index is 7.02. The zero-order chi connectivity index (χ0) is 42.2. The van der Waals surface area contributed by atoms with Gasteiger partial charge in [-0.1, -0.05) is 72.8 Å². The first-order chi connectivity index (χ1) is 32.0. The number of para-hydroxylation sites is 4. The molecule has 0 aliphatic heterocycles. The standard InChI is InChI=1S/C59H51N5O/c1-2-10-41(11-3-1)64-47-16-8-5-13-44(47)51-52-49(50-45-14-6-9-17-48(45)65-54(50)53(51)64)43-12-4-7-15-46(43)63(52)42-20-18-40(19-21-42)55-60-56(58-28-34-22-35(29-58)24-36(23-34)30-58)62-57(61-55)59-31-37-25-38(32-59)27-39(26-37)33-59/h1-21,34-39H,22-33H2. The summed E-state index contributed by atoms with van der Waals surface area (Å²) in [5.41, 5.74) is 10.0. The van der Waals surface area contributed by atoms with E-state index in [1.165, 1.54) is 110 Å². The van der Waals surface area contributed by atoms with Crippen molar-refractivity contribution in [2.45, 2.75) is 87.9 Å². The maximum Gasteiger partial charge on any atom is 0.163 e. The number of fused-ring (bicyclic) bond motifs is 12. The monoisotopic (exact) mass is 845 g/mol. The van der Waals surface area contributed by atoms with Crippen molar-refractivity contribution in [3.05, 3.63) is 139 Å². The molecule has 0 saturated heterocycles. The average molecular weight is 846 g/mol. The number of hydrogen-bond acceptors (Lipinski definition) is 4. The van der Waals surface area contributed by atoms with Gasteiger partial charge in [-0.05, 0) is 167 Å². The minimum absolute atomic E-state index is 0.110. The first-order valence-electron chi connectivity index (χ1n) is 24.8. The largest absolute Gasteiger partial charge is 0.454 e. The van der Waals surface area contributed by atoms with Crippen LogP contribution in [0.4, 0.5) is 0 Å². The van der Waals surface area contributed by atoms with E-state index in [-0.39, 0.29) is 10.8 Å². The van der Waals surface area contributed by atoms with E-state index in [1.807, 2.05) is 0 Å². The van der Waals surface area contributed by atoms with Crippen LogP contribution in [0.3, 0.4) is 0 Å². The van der Waals surface area contributed by atoms with Crippen molar-refractivity contribution in [2.24, 2.45) is 35.5 Å². The second-order valence-electron chi connectivity index (χ2n) is 22.0. The summed E-state index contributed by atoms with van der Waals surface area (Å²) in [5, 5.41) is 7.15. The molecule has 0 radical (unpaired) electrons. The summed E-state index contributed by atoms with van der Waals surface area (Å²) in [4.78, 5) is 17.0. The van der Waals surface area contributed by atoms with Gasteiger partial charge in [-0.2, -0.15) is 0 Å². The molecule has 8 saturated carbocycles. The highest BCUT2D eigenvalue weighted by atomic mass is 16.3. The fourth-order valence-corrected chi connectivity index (χ4v) is 16.5. The Morgan fingerprint density at radius 1 is 0.415 bits per heavy atom. The zero-order valence-corrected chi connectivity index (χ0v) is 36.7. The normalized spacial score (nSPS) is 28.9. The van der Waals surface area contributed by atoms with Crippen LogP contribution in [0.1, 0.15) is 88.7 Å². The van der Waals surface area contributed by atoms with E-state index < -0.39 is 0 Å². The van der Waals surface area contributed by atoms with E-state index in [4.69, 9.17) is 19.4 Å². The number of aromatic nitrogens is 5. The Morgan fingerprint density at radius 2 is 0.877 bits per heavy atom. The molecule has 0 unspecified atom stereocenters. The summed E-state index contributed by atoms with van der Waals surface area (Å²) < 4.78 is 12.0. The molecule has 0 amide bonds. The lowest BCUT2D eigenvalue weighted by Crippen LogP contribution is -2.51. The van der Waals surface area contributed by atoms with Crippen molar-refractivity contribution in [3.8, 4) is 22.8 Å². The molecule has 65 heavy (non-hydrogen) atoms. The Bertz CT molecular complexity index is 3490. The summed E-state index contributed by atoms with van der Waals surface area (Å²) in [6.07, 6.45) is 16.1. The molecule has 8 aliphatic rings. The third-order valence-electron chi connectivity index (χ3n) is 18.1. The van der Waals surface area contributed by atoms with Gasteiger partial charge in [0.2, 0.25) is 0 Å². The Balaban J connectivity index is 0.938. The molecule has 0 spiro atoms. The molecule has 6 nitrogen and oxygen atoms in total. The Hall–Kier alpha value is -6.27. The number of nitrogens with zero attached hydrogens (tertiary/aromatic N) is 5. The number of rotatable bonds is 5. The van der Waals surface area contributed by atoms with E-state index in [1.54, 1.807) is 0 Å². The molecule has 8 aliphatic carbocycles. The first-order valence-corrected chi connectivity index (χ1v) is 24.8. The summed E-state index contributed by atoms with van der Waals surface area (Å²) >= 11 is 0. The zero-order valence-electron chi connectivity index (χ0n) is 36.7. The van der Waals surface area contributed by atoms with Crippen molar-refractivity contribution in [3.63, 3.8) is 0 Å². The third-order valence-corrected chi connectivity index (χ3v) is 18.1. The van der Waals surface area contributed by atoms with E-state index in [9.17, 15) is 0 Å². The van der Waals surface area contributed by atoms with Crippen molar-refractivity contribution >= 4 is 65.6 Å². The van der Waals surface area contributed by atoms with Gasteiger partial charge in [0.1, 0.15) is 17.2 Å². The van der Waals surface area contributed by atoms with E-state index >= 15 is 0 Å². The highest BCUT2D eigenvalue weighted by Gasteiger charge is 2.56. The Morgan fingerprint density at radius 3 is 1.45 bits per heavy atom. The average Bonchev–Trinajstić information content (AvgIpc) is 3.99. The van der Waals surface area contributed by atoms with Gasteiger partial charge >= 0.3 is 0 Å². The van der Waals surface area contributed by atoms with E-state index in [0.717, 1.165) is 103 Å². The van der Waals surface area contributed by atoms with Crippen LogP contribution in [-0.2, 0) is 10.8 Å². The van der Waals surface area contributed by atoms with E-state index in [2.05, 4.69) is 137 Å². The summed E-state index contributed by atoms with van der Waals surface area (Å²) in [5.74, 6) is 8.21. The van der Waals surface area contributed by atoms with Crippen LogP contribution in [-0.4, -0.2) is 24.1 Å². The molecule has 18 rings (SSSR count). The van der Waals surface area contributed by atoms with Crippen LogP contribution in [0.5, 0.6) is 0 Å². The molecule has 318 valence electrons. The molecule has 8 fully saturated rings. The van der Waals surface area contributed by atoms with Crippen molar-refractivity contribution in [1.82, 2.24) is 24.1 Å². The maximum atomic E-state index is 7.02. The summed E-state index contributed by atoms with van der Waals surface area (Å²) in [6.45, 7) is 0. The second-order valence-corrected chi connectivity index (χ2v) is 22.0. The number of hydrogen-bond donors (Lipinski definition) is 0. The smallest absolute Gasteiger partial charge is 0.163 e. The minimum Gasteiger partial charge on any atom is -0.454 e. The molecule has 4 aromatic heterocycles. The van der Waals surface area contributed by atoms with Crippen LogP contribution >= 0.6 is 0 Å². The van der Waals surface area contributed by atoms with Gasteiger partial charge in [0.15, 0.2) is 11.4 Å². The van der Waals surface area contributed by atoms with Gasteiger partial charge < -0.3 is 13.6 Å². The molecular weight excluding hydrogens is 795 g/mol. The fraction of sp³-hybridized carbons (Fsp3) is 0.339. The summed E-state index contributed by atoms with van der Waals surface area (Å²) in [7, 11) is 0. The van der Waals surface area contributed by atoms with Crippen LogP contribution in [0.2, 0.25) is 0 Å². The molecule has 0 N–H and O–H groups in total. The Labute approximate surface area is 377 Å². The predicted octanol–water partition coefficient (Wildman–Crippen LogP) is 14.6. The molecule has 10 aromatic rings. The first kappa shape index (κ1) is 36.0. The lowest BCUT2D eigenvalue weighted by atomic mass is 9.49. The van der Waals surface area contributed by atoms with Crippen molar-refractivity contribution in [1.29, 1.82) is 0 Å². The van der Waals surface area contributed by atoms with Crippen LogP contribution in [0.15, 0.2) is 132 Å². The quantitative estimate of drug-likeness (QED) is 0.173. The van der Waals surface area contributed by atoms with E-state index in [0.29, 0.717) is 0 Å². The molecular formula is C59H51N5O. The van der Waals surface area contributed by atoms with Gasteiger partial charge in [0.05, 0.1) is 22.1 Å². The van der Waals surface area contributed by atoms with Crippen LogP contribution in [0, 0.1) is 35.5 Å². The second kappa shape index (κ2) is 12.7. The lowest BCUT2D eigenvalue weighted by Gasteiger charge is -2.57. The number of furan rings is 1. The van der Waals surface area contributed by atoms with Gasteiger partial charge in [-0.15, -0.1) is 0 Å². The van der Waals surface area contributed by atoms with Gasteiger partial charge in [-0.25, -0.2) is 15.0 Å². The van der Waals surface area contributed by atoms with Gasteiger partial charge in [-0.3, -0.25) is 0 Å². The SMILES string of the molecule is c1ccc(-n2c3ccccc3c3c2c2oc4ccccc4c2c2c4ccccc4n(-c4ccc(-c5nc(C67CC8CC(CC(C8)C6)C7)nc(C67CC8CC(CC(C8)C6)C7)n5)cc4)c23)cc1. The van der Waals surface area contributed by atoms with Crippen molar-refractivity contribution < 1.29 is 4.42 Å². The van der Waals surface area contributed by atoms with Gasteiger partial charge in [0, 0.05) is 60.1 Å². The minimum atomic E-state index is 0.110. The number of benzene rings is 6. The summed E-state index contributed by atoms with van der Waals surface area (Å²) in [6, 6.07) is 46.5. The molecule has 0 atom stereocenters. The Kier molecular flexibility index (Phi) is 7.06.